The highest BCUT2D eigenvalue weighted by Crippen LogP contribution is 2.19. The molecule has 0 atom stereocenters. The average molecular weight is 275 g/mol. The van der Waals surface area contributed by atoms with Crippen LogP contribution >= 0.6 is 24.0 Å². The summed E-state index contributed by atoms with van der Waals surface area (Å²) in [6.07, 6.45) is 4.36. The molecule has 0 saturated carbocycles. The van der Waals surface area contributed by atoms with Crippen molar-refractivity contribution < 1.29 is 9.90 Å². The SMILES string of the molecule is C=C(SC(=S)N(CCCC)CCCC)C(=O)O. The maximum atomic E-state index is 10.7. The van der Waals surface area contributed by atoms with Crippen LogP contribution in [0.5, 0.6) is 0 Å². The van der Waals surface area contributed by atoms with E-state index in [1.54, 1.807) is 0 Å². The summed E-state index contributed by atoms with van der Waals surface area (Å²) < 4.78 is 0.624. The predicted octanol–water partition coefficient (Wildman–Crippen LogP) is 3.51. The molecule has 5 heteroatoms. The number of carboxylic acid groups (broad SMARTS) is 1. The number of rotatable bonds is 8. The van der Waals surface area contributed by atoms with Crippen molar-refractivity contribution >= 4 is 34.3 Å². The number of thiocarbonyl (C=S) groups is 1. The van der Waals surface area contributed by atoms with Crippen LogP contribution in [0.3, 0.4) is 0 Å². The second-order valence-corrected chi connectivity index (χ2v) is 5.52. The first-order valence-electron chi connectivity index (χ1n) is 5.91. The fourth-order valence-corrected chi connectivity index (χ4v) is 2.30. The molecule has 0 spiro atoms. The molecule has 0 aliphatic heterocycles. The molecule has 1 N–H and O–H groups in total. The summed E-state index contributed by atoms with van der Waals surface area (Å²) in [6.45, 7) is 9.54. The molecular weight excluding hydrogens is 254 g/mol. The topological polar surface area (TPSA) is 40.5 Å². The van der Waals surface area contributed by atoms with Gasteiger partial charge in [-0.25, -0.2) is 4.79 Å². The van der Waals surface area contributed by atoms with Gasteiger partial charge in [-0.3, -0.25) is 0 Å². The molecule has 0 fully saturated rings. The Morgan fingerprint density at radius 3 is 2.12 bits per heavy atom. The number of hydrogen-bond donors (Lipinski definition) is 1. The van der Waals surface area contributed by atoms with Gasteiger partial charge in [-0.05, 0) is 12.8 Å². The number of carboxylic acids is 1. The zero-order valence-electron chi connectivity index (χ0n) is 10.6. The average Bonchev–Trinajstić information content (AvgIpc) is 2.28. The van der Waals surface area contributed by atoms with E-state index in [0.29, 0.717) is 4.32 Å². The summed E-state index contributed by atoms with van der Waals surface area (Å²) >= 11 is 6.34. The van der Waals surface area contributed by atoms with Gasteiger partial charge in [-0.2, -0.15) is 0 Å². The second-order valence-electron chi connectivity index (χ2n) is 3.79. The predicted molar refractivity (Wildman–Crippen MR) is 78.4 cm³/mol. The van der Waals surface area contributed by atoms with Crippen LogP contribution in [0.1, 0.15) is 39.5 Å². The van der Waals surface area contributed by atoms with E-state index in [9.17, 15) is 4.79 Å². The minimum Gasteiger partial charge on any atom is -0.477 e. The summed E-state index contributed by atoms with van der Waals surface area (Å²) in [5.41, 5.74) is 0. The zero-order valence-corrected chi connectivity index (χ0v) is 12.2. The summed E-state index contributed by atoms with van der Waals surface area (Å²) in [6, 6.07) is 0. The van der Waals surface area contributed by atoms with Gasteiger partial charge in [0.05, 0.1) is 4.91 Å². The van der Waals surface area contributed by atoms with Gasteiger partial charge < -0.3 is 10.0 Å². The Kier molecular flexibility index (Phi) is 9.17. The Morgan fingerprint density at radius 1 is 1.29 bits per heavy atom. The first-order chi connectivity index (χ1) is 8.02. The highest BCUT2D eigenvalue weighted by atomic mass is 32.2. The number of hydrogen-bond acceptors (Lipinski definition) is 3. The molecule has 0 aliphatic rings. The van der Waals surface area contributed by atoms with Gasteiger partial charge in [0.15, 0.2) is 0 Å². The lowest BCUT2D eigenvalue weighted by molar-refractivity contribution is -0.131. The number of thioether (sulfide) groups is 1. The van der Waals surface area contributed by atoms with Crippen molar-refractivity contribution in [2.45, 2.75) is 39.5 Å². The molecule has 0 unspecified atom stereocenters. The molecule has 0 aromatic carbocycles. The van der Waals surface area contributed by atoms with Crippen LogP contribution in [-0.2, 0) is 4.79 Å². The van der Waals surface area contributed by atoms with Crippen LogP contribution in [0.4, 0.5) is 0 Å². The smallest absolute Gasteiger partial charge is 0.341 e. The molecule has 0 heterocycles. The molecule has 0 bridgehead atoms. The molecule has 17 heavy (non-hydrogen) atoms. The molecule has 98 valence electrons. The third kappa shape index (κ3) is 7.39. The van der Waals surface area contributed by atoms with Crippen molar-refractivity contribution in [3.8, 4) is 0 Å². The van der Waals surface area contributed by atoms with E-state index in [4.69, 9.17) is 17.3 Å². The van der Waals surface area contributed by atoms with Gasteiger partial charge in [-0.1, -0.05) is 57.2 Å². The van der Waals surface area contributed by atoms with Crippen LogP contribution in [0.15, 0.2) is 11.5 Å². The molecule has 0 rings (SSSR count). The third-order valence-corrected chi connectivity index (χ3v) is 3.63. The van der Waals surface area contributed by atoms with Gasteiger partial charge in [-0.15, -0.1) is 0 Å². The summed E-state index contributed by atoms with van der Waals surface area (Å²) in [4.78, 5) is 12.9. The fraction of sp³-hybridized carbons (Fsp3) is 0.667. The zero-order chi connectivity index (χ0) is 13.3. The lowest BCUT2D eigenvalue weighted by Crippen LogP contribution is -2.30. The summed E-state index contributed by atoms with van der Waals surface area (Å²) in [5, 5.41) is 8.77. The maximum absolute atomic E-state index is 10.7. The molecule has 0 aromatic heterocycles. The van der Waals surface area contributed by atoms with E-state index in [0.717, 1.165) is 50.5 Å². The molecule has 0 saturated heterocycles. The lowest BCUT2D eigenvalue weighted by atomic mass is 10.3. The largest absolute Gasteiger partial charge is 0.477 e. The van der Waals surface area contributed by atoms with Crippen LogP contribution in [-0.4, -0.2) is 33.4 Å². The summed E-state index contributed by atoms with van der Waals surface area (Å²) in [5.74, 6) is -0.997. The molecule has 3 nitrogen and oxygen atoms in total. The fourth-order valence-electron chi connectivity index (χ4n) is 1.21. The van der Waals surface area contributed by atoms with E-state index in [2.05, 4.69) is 25.3 Å². The van der Waals surface area contributed by atoms with Gasteiger partial charge in [0.1, 0.15) is 4.32 Å². The van der Waals surface area contributed by atoms with Gasteiger partial charge in [0.2, 0.25) is 0 Å². The van der Waals surface area contributed by atoms with Crippen LogP contribution in [0.25, 0.3) is 0 Å². The first kappa shape index (κ1) is 16.4. The van der Waals surface area contributed by atoms with Crippen LogP contribution < -0.4 is 0 Å². The van der Waals surface area contributed by atoms with Crippen LogP contribution in [0, 0.1) is 0 Å². The highest BCUT2D eigenvalue weighted by molar-refractivity contribution is 8.25. The van der Waals surface area contributed by atoms with Crippen molar-refractivity contribution in [3.63, 3.8) is 0 Å². The van der Waals surface area contributed by atoms with E-state index in [-0.39, 0.29) is 4.91 Å². The number of carbonyl (C=O) groups is 1. The van der Waals surface area contributed by atoms with Gasteiger partial charge >= 0.3 is 5.97 Å². The van der Waals surface area contributed by atoms with Crippen molar-refractivity contribution in [1.29, 1.82) is 0 Å². The van der Waals surface area contributed by atoms with Crippen molar-refractivity contribution in [2.75, 3.05) is 13.1 Å². The van der Waals surface area contributed by atoms with Crippen LogP contribution in [0.2, 0.25) is 0 Å². The van der Waals surface area contributed by atoms with Crippen molar-refractivity contribution in [1.82, 2.24) is 4.90 Å². The molecule has 0 aromatic rings. The minimum atomic E-state index is -0.997. The van der Waals surface area contributed by atoms with Crippen molar-refractivity contribution in [3.05, 3.63) is 11.5 Å². The normalized spacial score (nSPS) is 10.0. The second kappa shape index (κ2) is 9.48. The highest BCUT2D eigenvalue weighted by Gasteiger charge is 2.14. The number of aliphatic carboxylic acids is 1. The Balaban J connectivity index is 4.29. The number of nitrogens with zero attached hydrogens (tertiary/aromatic N) is 1. The molecule has 0 aliphatic carbocycles. The van der Waals surface area contributed by atoms with E-state index in [1.807, 2.05) is 0 Å². The Labute approximate surface area is 113 Å². The quantitative estimate of drug-likeness (QED) is 0.542. The number of unbranched alkanes of at least 4 members (excludes halogenated alkanes) is 2. The molecular formula is C12H21NO2S2. The maximum Gasteiger partial charge on any atom is 0.341 e. The third-order valence-electron chi connectivity index (χ3n) is 2.27. The molecule has 0 amide bonds. The monoisotopic (exact) mass is 275 g/mol. The first-order valence-corrected chi connectivity index (χ1v) is 7.14. The van der Waals surface area contributed by atoms with E-state index < -0.39 is 5.97 Å². The molecule has 0 radical (unpaired) electrons. The van der Waals surface area contributed by atoms with Crippen molar-refractivity contribution in [2.24, 2.45) is 0 Å². The summed E-state index contributed by atoms with van der Waals surface area (Å²) in [7, 11) is 0. The van der Waals surface area contributed by atoms with Gasteiger partial charge in [0, 0.05) is 13.1 Å². The Morgan fingerprint density at radius 2 is 1.76 bits per heavy atom. The Bertz CT molecular complexity index is 272. The van der Waals surface area contributed by atoms with E-state index in [1.165, 1.54) is 0 Å². The minimum absolute atomic E-state index is 0.0907. The van der Waals surface area contributed by atoms with E-state index >= 15 is 0 Å². The Hall–Kier alpha value is -0.550. The lowest BCUT2D eigenvalue weighted by Gasteiger charge is -2.24. The van der Waals surface area contributed by atoms with Gasteiger partial charge in [0.25, 0.3) is 0 Å². The standard InChI is InChI=1S/C12H21NO2S2/c1-4-6-8-13(9-7-5-2)12(16)17-10(3)11(14)15/h3-9H2,1-2H3,(H,14,15).